The Bertz CT molecular complexity index is 2580. The maximum Gasteiger partial charge on any atom is 0.0681 e. The summed E-state index contributed by atoms with van der Waals surface area (Å²) in [4.78, 5) is 2.31. The number of anilines is 3. The number of fused-ring (bicyclic) bond motifs is 1. The Morgan fingerprint density at radius 2 is 0.965 bits per heavy atom. The van der Waals surface area contributed by atoms with Crippen molar-refractivity contribution in [2.45, 2.75) is 20.5 Å². The smallest absolute Gasteiger partial charge is 0.0681 e. The van der Waals surface area contributed by atoms with E-state index in [1.54, 1.807) is 0 Å². The predicted octanol–water partition coefficient (Wildman–Crippen LogP) is 14.2. The van der Waals surface area contributed by atoms with Gasteiger partial charge >= 0.3 is 0 Å². The largest absolute Gasteiger partial charge is 0.392 e. The molecule has 0 spiro atoms. The van der Waals surface area contributed by atoms with E-state index in [1.165, 1.54) is 49.9 Å². The number of rotatable bonds is 11. The van der Waals surface area contributed by atoms with Crippen molar-refractivity contribution in [1.29, 1.82) is 0 Å². The molecular formula is C55H45NO. The van der Waals surface area contributed by atoms with E-state index in [4.69, 9.17) is 0 Å². The van der Waals surface area contributed by atoms with E-state index in [-0.39, 0.29) is 6.61 Å². The zero-order chi connectivity index (χ0) is 39.0. The molecule has 276 valence electrons. The Kier molecular flexibility index (Phi) is 11.2. The van der Waals surface area contributed by atoms with Crippen LogP contribution in [0.15, 0.2) is 206 Å². The second-order valence-corrected chi connectivity index (χ2v) is 14.4. The Morgan fingerprint density at radius 3 is 1.51 bits per heavy atom. The van der Waals surface area contributed by atoms with Gasteiger partial charge in [0.15, 0.2) is 0 Å². The highest BCUT2D eigenvalue weighted by atomic mass is 16.3. The Morgan fingerprint density at radius 1 is 0.474 bits per heavy atom. The van der Waals surface area contributed by atoms with E-state index in [1.807, 2.05) is 12.1 Å². The molecule has 0 amide bonds. The molecule has 0 heterocycles. The van der Waals surface area contributed by atoms with Gasteiger partial charge in [0, 0.05) is 16.8 Å². The SMILES string of the molecule is Cc1ccc(C(=C/C=C/c2ccc(N(c3ccc(C=C(c4ccccc4)c4ccccc4)cc3)c3ccc(CO)cc3)c3ccccc23)c2ccc(C)cc2)cc1. The summed E-state index contributed by atoms with van der Waals surface area (Å²) in [5, 5.41) is 12.2. The monoisotopic (exact) mass is 735 g/mol. The lowest BCUT2D eigenvalue weighted by Gasteiger charge is -2.27. The molecule has 0 unspecified atom stereocenters. The normalized spacial score (nSPS) is 11.1. The van der Waals surface area contributed by atoms with Crippen LogP contribution in [0.4, 0.5) is 17.1 Å². The molecule has 0 bridgehead atoms. The third-order valence-electron chi connectivity index (χ3n) is 10.4. The first-order valence-electron chi connectivity index (χ1n) is 19.5. The van der Waals surface area contributed by atoms with Crippen molar-refractivity contribution >= 4 is 51.1 Å². The summed E-state index contributed by atoms with van der Waals surface area (Å²) < 4.78 is 0. The number of nitrogens with zero attached hydrogens (tertiary/aromatic N) is 1. The molecule has 8 aromatic rings. The number of aliphatic hydroxyl groups excluding tert-OH is 1. The van der Waals surface area contributed by atoms with Crippen LogP contribution in [0.1, 0.15) is 50.1 Å². The Labute approximate surface area is 336 Å². The Hall–Kier alpha value is -7.00. The molecule has 0 saturated carbocycles. The van der Waals surface area contributed by atoms with Crippen molar-refractivity contribution in [2.24, 2.45) is 0 Å². The lowest BCUT2D eigenvalue weighted by atomic mass is 9.95. The molecular weight excluding hydrogens is 691 g/mol. The lowest BCUT2D eigenvalue weighted by Crippen LogP contribution is -2.10. The van der Waals surface area contributed by atoms with Gasteiger partial charge in [-0.2, -0.15) is 0 Å². The van der Waals surface area contributed by atoms with Crippen molar-refractivity contribution in [3.05, 3.63) is 256 Å². The second-order valence-electron chi connectivity index (χ2n) is 14.4. The zero-order valence-electron chi connectivity index (χ0n) is 32.4. The van der Waals surface area contributed by atoms with Gasteiger partial charge in [-0.3, -0.25) is 0 Å². The molecule has 1 N–H and O–H groups in total. The van der Waals surface area contributed by atoms with Gasteiger partial charge in [0.05, 0.1) is 12.3 Å². The highest BCUT2D eigenvalue weighted by Gasteiger charge is 2.17. The molecule has 0 radical (unpaired) electrons. The van der Waals surface area contributed by atoms with Gasteiger partial charge in [0.2, 0.25) is 0 Å². The summed E-state index contributed by atoms with van der Waals surface area (Å²) in [5.74, 6) is 0. The van der Waals surface area contributed by atoms with E-state index >= 15 is 0 Å². The van der Waals surface area contributed by atoms with Gasteiger partial charge in [-0.05, 0) is 106 Å². The minimum absolute atomic E-state index is 0.000420. The van der Waals surface area contributed by atoms with Crippen LogP contribution in [0.2, 0.25) is 0 Å². The maximum absolute atomic E-state index is 9.87. The van der Waals surface area contributed by atoms with Gasteiger partial charge in [-0.25, -0.2) is 0 Å². The Balaban J connectivity index is 1.19. The van der Waals surface area contributed by atoms with Crippen molar-refractivity contribution in [3.8, 4) is 0 Å². The first kappa shape index (κ1) is 36.9. The molecule has 0 aliphatic carbocycles. The summed E-state index contributed by atoms with van der Waals surface area (Å²) in [5.41, 5.74) is 15.9. The molecule has 0 aliphatic rings. The van der Waals surface area contributed by atoms with Gasteiger partial charge in [0.25, 0.3) is 0 Å². The van der Waals surface area contributed by atoms with Gasteiger partial charge < -0.3 is 10.0 Å². The van der Waals surface area contributed by atoms with E-state index in [9.17, 15) is 5.11 Å². The molecule has 8 rings (SSSR count). The number of hydrogen-bond donors (Lipinski definition) is 1. The van der Waals surface area contributed by atoms with E-state index in [0.717, 1.165) is 39.1 Å². The van der Waals surface area contributed by atoms with Crippen LogP contribution in [0.3, 0.4) is 0 Å². The zero-order valence-corrected chi connectivity index (χ0v) is 32.4. The maximum atomic E-state index is 9.87. The molecule has 0 atom stereocenters. The standard InChI is InChI=1S/C55H45NO/c1-40-20-28-47(29-21-40)51(48-30-22-41(2)23-31-48)19-11-16-46-32-37-55(53-18-10-9-17-52(46)53)56(50-35-26-43(39-57)27-36-50)49-33-24-42(25-34-49)38-54(44-12-5-3-6-13-44)45-14-7-4-8-15-45/h3-38,57H,39H2,1-2H3/b16-11+. The molecule has 2 nitrogen and oxygen atoms in total. The molecule has 57 heavy (non-hydrogen) atoms. The van der Waals surface area contributed by atoms with Gasteiger partial charge in [-0.15, -0.1) is 0 Å². The number of aliphatic hydroxyl groups is 1. The van der Waals surface area contributed by atoms with Crippen molar-refractivity contribution in [2.75, 3.05) is 4.90 Å². The van der Waals surface area contributed by atoms with E-state index in [0.29, 0.717) is 0 Å². The molecule has 0 aliphatic heterocycles. The summed E-state index contributed by atoms with van der Waals surface area (Å²) in [6.45, 7) is 4.25. The summed E-state index contributed by atoms with van der Waals surface area (Å²) >= 11 is 0. The molecule has 0 aromatic heterocycles. The molecule has 2 heteroatoms. The minimum atomic E-state index is 0.000420. The van der Waals surface area contributed by atoms with Crippen LogP contribution >= 0.6 is 0 Å². The summed E-state index contributed by atoms with van der Waals surface area (Å²) in [7, 11) is 0. The van der Waals surface area contributed by atoms with Crippen LogP contribution < -0.4 is 4.90 Å². The van der Waals surface area contributed by atoms with Crippen LogP contribution in [0, 0.1) is 13.8 Å². The van der Waals surface area contributed by atoms with E-state index in [2.05, 4.69) is 225 Å². The number of benzene rings is 8. The summed E-state index contributed by atoms with van der Waals surface area (Å²) in [6, 6.07) is 68.7. The summed E-state index contributed by atoms with van der Waals surface area (Å²) in [6.07, 6.45) is 8.88. The number of hydrogen-bond acceptors (Lipinski definition) is 2. The lowest BCUT2D eigenvalue weighted by molar-refractivity contribution is 0.282. The molecule has 8 aromatic carbocycles. The van der Waals surface area contributed by atoms with Crippen molar-refractivity contribution in [3.63, 3.8) is 0 Å². The fraction of sp³-hybridized carbons (Fsp3) is 0.0545. The fourth-order valence-corrected chi connectivity index (χ4v) is 7.35. The van der Waals surface area contributed by atoms with Crippen LogP contribution in [0.25, 0.3) is 34.1 Å². The topological polar surface area (TPSA) is 23.5 Å². The highest BCUT2D eigenvalue weighted by Crippen LogP contribution is 2.40. The quantitative estimate of drug-likeness (QED) is 0.106. The highest BCUT2D eigenvalue weighted by molar-refractivity contribution is 6.03. The van der Waals surface area contributed by atoms with Gasteiger partial charge in [-0.1, -0.05) is 193 Å². The number of aryl methyl sites for hydroxylation is 2. The average molecular weight is 736 g/mol. The average Bonchev–Trinajstić information content (AvgIpc) is 3.27. The predicted molar refractivity (Wildman–Crippen MR) is 243 cm³/mol. The third kappa shape index (κ3) is 8.48. The second kappa shape index (κ2) is 17.2. The van der Waals surface area contributed by atoms with Crippen LogP contribution in [0.5, 0.6) is 0 Å². The van der Waals surface area contributed by atoms with Crippen LogP contribution in [-0.4, -0.2) is 5.11 Å². The fourth-order valence-electron chi connectivity index (χ4n) is 7.35. The first-order valence-corrected chi connectivity index (χ1v) is 19.5. The molecule has 0 fully saturated rings. The third-order valence-corrected chi connectivity index (χ3v) is 10.4. The molecule has 0 saturated heterocycles. The van der Waals surface area contributed by atoms with Crippen molar-refractivity contribution in [1.82, 2.24) is 0 Å². The van der Waals surface area contributed by atoms with E-state index < -0.39 is 0 Å². The number of allylic oxidation sites excluding steroid dienone is 2. The van der Waals surface area contributed by atoms with Crippen LogP contribution in [-0.2, 0) is 6.61 Å². The van der Waals surface area contributed by atoms with Crippen molar-refractivity contribution < 1.29 is 5.11 Å². The van der Waals surface area contributed by atoms with Gasteiger partial charge in [0.1, 0.15) is 0 Å². The first-order chi connectivity index (χ1) is 28.0. The minimum Gasteiger partial charge on any atom is -0.392 e.